The van der Waals surface area contributed by atoms with Gasteiger partial charge in [0.25, 0.3) is 0 Å². The van der Waals surface area contributed by atoms with Crippen molar-refractivity contribution >= 4 is 11.7 Å². The van der Waals surface area contributed by atoms with Crippen LogP contribution in [0.15, 0.2) is 18.2 Å². The number of nitrogens with two attached hydrogens (primary N) is 1. The van der Waals surface area contributed by atoms with E-state index in [1.807, 2.05) is 6.92 Å². The maximum Gasteiger partial charge on any atom is 0.305 e. The average molecular weight is 304 g/mol. The minimum absolute atomic E-state index is 0.0978. The highest BCUT2D eigenvalue weighted by Crippen LogP contribution is 2.27. The second-order valence-corrected chi connectivity index (χ2v) is 6.38. The van der Waals surface area contributed by atoms with Gasteiger partial charge in [0.2, 0.25) is 0 Å². The van der Waals surface area contributed by atoms with Crippen LogP contribution in [0.4, 0.5) is 5.69 Å². The Labute approximate surface area is 133 Å². The zero-order valence-electron chi connectivity index (χ0n) is 14.0. The lowest BCUT2D eigenvalue weighted by Crippen LogP contribution is -2.47. The number of hydrogen-bond donors (Lipinski definition) is 1. The third-order valence-electron chi connectivity index (χ3n) is 4.49. The van der Waals surface area contributed by atoms with Crippen LogP contribution in [0.2, 0.25) is 0 Å². The van der Waals surface area contributed by atoms with E-state index >= 15 is 0 Å². The summed E-state index contributed by atoms with van der Waals surface area (Å²) in [6.07, 6.45) is 2.33. The average Bonchev–Trinajstić information content (AvgIpc) is 2.48. The van der Waals surface area contributed by atoms with Crippen LogP contribution in [-0.2, 0) is 9.53 Å². The highest BCUT2D eigenvalue weighted by molar-refractivity contribution is 5.69. The van der Waals surface area contributed by atoms with Crippen LogP contribution in [0.1, 0.15) is 37.3 Å². The first-order chi connectivity index (χ1) is 10.5. The lowest BCUT2D eigenvalue weighted by atomic mass is 9.90. The van der Waals surface area contributed by atoms with Gasteiger partial charge in [0.05, 0.1) is 6.61 Å². The number of hydrogen-bond acceptors (Lipinski definition) is 4. The Morgan fingerprint density at radius 1 is 1.32 bits per heavy atom. The van der Waals surface area contributed by atoms with E-state index in [9.17, 15) is 4.79 Å². The Morgan fingerprint density at radius 2 is 2.09 bits per heavy atom. The van der Waals surface area contributed by atoms with Gasteiger partial charge in [-0.2, -0.15) is 0 Å². The van der Waals surface area contributed by atoms with E-state index in [0.29, 0.717) is 18.9 Å². The van der Waals surface area contributed by atoms with Crippen molar-refractivity contribution in [2.75, 3.05) is 24.6 Å². The van der Waals surface area contributed by atoms with E-state index in [2.05, 4.69) is 36.9 Å². The van der Waals surface area contributed by atoms with Crippen molar-refractivity contribution in [2.45, 2.75) is 46.1 Å². The molecule has 122 valence electrons. The quantitative estimate of drug-likeness (QED) is 0.850. The zero-order chi connectivity index (χ0) is 16.1. The Balaban J connectivity index is 1.98. The van der Waals surface area contributed by atoms with Gasteiger partial charge in [0.15, 0.2) is 0 Å². The van der Waals surface area contributed by atoms with Crippen molar-refractivity contribution in [1.29, 1.82) is 0 Å². The van der Waals surface area contributed by atoms with Crippen molar-refractivity contribution in [3.8, 4) is 0 Å². The summed E-state index contributed by atoms with van der Waals surface area (Å²) < 4.78 is 5.02. The van der Waals surface area contributed by atoms with E-state index in [1.54, 1.807) is 0 Å². The molecule has 0 spiro atoms. The molecule has 1 aromatic carbocycles. The van der Waals surface area contributed by atoms with Crippen molar-refractivity contribution < 1.29 is 9.53 Å². The molecule has 0 bridgehead atoms. The van der Waals surface area contributed by atoms with E-state index in [1.165, 1.54) is 16.8 Å². The number of ether oxygens (including phenoxy) is 1. The molecule has 2 rings (SSSR count). The Hall–Kier alpha value is -1.55. The van der Waals surface area contributed by atoms with Crippen LogP contribution in [0.25, 0.3) is 0 Å². The number of aryl methyl sites for hydroxylation is 2. The summed E-state index contributed by atoms with van der Waals surface area (Å²) in [6.45, 7) is 8.42. The molecule has 2 unspecified atom stereocenters. The molecule has 0 amide bonds. The van der Waals surface area contributed by atoms with Crippen LogP contribution in [0, 0.1) is 19.8 Å². The summed E-state index contributed by atoms with van der Waals surface area (Å²) in [4.78, 5) is 13.9. The summed E-state index contributed by atoms with van der Waals surface area (Å²) >= 11 is 0. The van der Waals surface area contributed by atoms with Crippen LogP contribution in [0.3, 0.4) is 0 Å². The molecule has 22 heavy (non-hydrogen) atoms. The predicted octanol–water partition coefficient (Wildman–Crippen LogP) is 2.80. The molecule has 2 atom stereocenters. The van der Waals surface area contributed by atoms with Crippen LogP contribution in [-0.4, -0.2) is 31.7 Å². The minimum atomic E-state index is -0.0978. The van der Waals surface area contributed by atoms with Gasteiger partial charge in [0.1, 0.15) is 0 Å². The Morgan fingerprint density at radius 3 is 2.77 bits per heavy atom. The van der Waals surface area contributed by atoms with Gasteiger partial charge in [-0.1, -0.05) is 6.07 Å². The molecule has 0 saturated carbocycles. The Kier molecular flexibility index (Phi) is 5.83. The van der Waals surface area contributed by atoms with Gasteiger partial charge in [-0.3, -0.25) is 4.79 Å². The lowest BCUT2D eigenvalue weighted by Gasteiger charge is -2.38. The number of benzene rings is 1. The summed E-state index contributed by atoms with van der Waals surface area (Å²) in [5.74, 6) is 0.356. The Bertz CT molecular complexity index is 516. The molecule has 0 aromatic heterocycles. The first-order valence-electron chi connectivity index (χ1n) is 8.23. The number of anilines is 1. The normalized spacial score (nSPS) is 21.7. The highest BCUT2D eigenvalue weighted by atomic mass is 16.5. The van der Waals surface area contributed by atoms with Crippen molar-refractivity contribution in [1.82, 2.24) is 0 Å². The van der Waals surface area contributed by atoms with E-state index in [0.717, 1.165) is 25.9 Å². The van der Waals surface area contributed by atoms with Crippen molar-refractivity contribution in [2.24, 2.45) is 11.7 Å². The molecular formula is C18H28N2O2. The lowest BCUT2D eigenvalue weighted by molar-refractivity contribution is -0.143. The second-order valence-electron chi connectivity index (χ2n) is 6.38. The summed E-state index contributed by atoms with van der Waals surface area (Å²) in [5.41, 5.74) is 10.1. The molecular weight excluding hydrogens is 276 g/mol. The maximum absolute atomic E-state index is 11.5. The number of carbonyl (C=O) groups is 1. The predicted molar refractivity (Wildman–Crippen MR) is 90.1 cm³/mol. The number of nitrogens with zero attached hydrogens (tertiary/aromatic N) is 1. The first kappa shape index (κ1) is 16.8. The van der Waals surface area contributed by atoms with Gasteiger partial charge in [-0.05, 0) is 62.8 Å². The topological polar surface area (TPSA) is 55.6 Å². The van der Waals surface area contributed by atoms with Gasteiger partial charge in [-0.15, -0.1) is 0 Å². The molecule has 1 aromatic rings. The van der Waals surface area contributed by atoms with E-state index < -0.39 is 0 Å². The molecule has 1 heterocycles. The molecule has 0 radical (unpaired) electrons. The number of carbonyl (C=O) groups excluding carboxylic acids is 1. The highest BCUT2D eigenvalue weighted by Gasteiger charge is 2.26. The zero-order valence-corrected chi connectivity index (χ0v) is 14.0. The smallest absolute Gasteiger partial charge is 0.305 e. The van der Waals surface area contributed by atoms with Gasteiger partial charge in [0, 0.05) is 31.2 Å². The van der Waals surface area contributed by atoms with Gasteiger partial charge in [-0.25, -0.2) is 0 Å². The molecule has 1 aliphatic heterocycles. The molecule has 4 nitrogen and oxygen atoms in total. The van der Waals surface area contributed by atoms with Crippen LogP contribution in [0.5, 0.6) is 0 Å². The fourth-order valence-electron chi connectivity index (χ4n) is 3.14. The molecule has 1 saturated heterocycles. The van der Waals surface area contributed by atoms with E-state index in [4.69, 9.17) is 10.5 Å². The number of esters is 1. The molecule has 0 aliphatic carbocycles. The van der Waals surface area contributed by atoms with Crippen molar-refractivity contribution in [3.05, 3.63) is 29.3 Å². The first-order valence-corrected chi connectivity index (χ1v) is 8.23. The van der Waals surface area contributed by atoms with Crippen LogP contribution >= 0.6 is 0 Å². The fourth-order valence-corrected chi connectivity index (χ4v) is 3.14. The third kappa shape index (κ3) is 4.47. The fraction of sp³-hybridized carbons (Fsp3) is 0.611. The molecule has 1 aliphatic rings. The SMILES string of the molecule is CCOC(=O)CCC1CC(N)CN(c2ccc(C)c(C)c2)C1. The third-order valence-corrected chi connectivity index (χ3v) is 4.49. The monoisotopic (exact) mass is 304 g/mol. The minimum Gasteiger partial charge on any atom is -0.466 e. The molecule has 1 fully saturated rings. The largest absolute Gasteiger partial charge is 0.466 e. The molecule has 4 heteroatoms. The number of rotatable bonds is 5. The van der Waals surface area contributed by atoms with E-state index in [-0.39, 0.29) is 12.0 Å². The summed E-state index contributed by atoms with van der Waals surface area (Å²) in [7, 11) is 0. The van der Waals surface area contributed by atoms with Gasteiger partial charge >= 0.3 is 5.97 Å². The van der Waals surface area contributed by atoms with Crippen molar-refractivity contribution in [3.63, 3.8) is 0 Å². The maximum atomic E-state index is 11.5. The standard InChI is InChI=1S/C18H28N2O2/c1-4-22-18(21)8-6-15-10-16(19)12-20(11-15)17-7-5-13(2)14(3)9-17/h5,7,9,15-16H,4,6,8,10-12,19H2,1-3H3. The second kappa shape index (κ2) is 7.63. The summed E-state index contributed by atoms with van der Waals surface area (Å²) in [6, 6.07) is 6.74. The molecule has 2 N–H and O–H groups in total. The van der Waals surface area contributed by atoms with Crippen LogP contribution < -0.4 is 10.6 Å². The number of piperidine rings is 1. The van der Waals surface area contributed by atoms with Gasteiger partial charge < -0.3 is 15.4 Å². The summed E-state index contributed by atoms with van der Waals surface area (Å²) in [5, 5.41) is 0.